The third kappa shape index (κ3) is 5.65. The van der Waals surface area contributed by atoms with Crippen LogP contribution in [-0.4, -0.2) is 54.2 Å². The average molecular weight is 477 g/mol. The molecule has 0 spiro atoms. The van der Waals surface area contributed by atoms with Crippen LogP contribution < -0.4 is 10.6 Å². The summed E-state index contributed by atoms with van der Waals surface area (Å²) in [6, 6.07) is 6.01. The Balaban J connectivity index is 1.64. The predicted octanol–water partition coefficient (Wildman–Crippen LogP) is 3.56. The van der Waals surface area contributed by atoms with Gasteiger partial charge in [0, 0.05) is 36.5 Å². The molecule has 0 bridgehead atoms. The zero-order chi connectivity index (χ0) is 24.8. The van der Waals surface area contributed by atoms with E-state index in [1.165, 1.54) is 18.3 Å². The number of carbonyl (C=O) groups is 1. The van der Waals surface area contributed by atoms with Crippen molar-refractivity contribution < 1.29 is 18.7 Å². The normalized spacial score (nSPS) is 15.7. The molecular formula is C25H25FN6O3. The van der Waals surface area contributed by atoms with Crippen molar-refractivity contribution in [3.05, 3.63) is 71.7 Å². The highest BCUT2D eigenvalue weighted by atomic mass is 19.1. The Morgan fingerprint density at radius 2 is 2.11 bits per heavy atom. The van der Waals surface area contributed by atoms with Crippen molar-refractivity contribution in [1.82, 2.24) is 14.9 Å². The number of hydrogen-bond donors (Lipinski definition) is 2. The SMILES string of the molecule is C=CC(=O)Nc1cc(F)cc(-c2nc(NC3=CC(N4CCOCC4)=C(OC)CC3)ncc2C#N)c1. The molecule has 2 aliphatic rings. The van der Waals surface area contributed by atoms with Crippen molar-refractivity contribution in [1.29, 1.82) is 5.26 Å². The minimum Gasteiger partial charge on any atom is -0.499 e. The molecule has 1 aromatic heterocycles. The molecule has 0 radical (unpaired) electrons. The fraction of sp³-hybridized carbons (Fsp3) is 0.280. The van der Waals surface area contributed by atoms with Crippen LogP contribution in [0.25, 0.3) is 11.3 Å². The monoisotopic (exact) mass is 476 g/mol. The van der Waals surface area contributed by atoms with Gasteiger partial charge in [-0.1, -0.05) is 6.58 Å². The van der Waals surface area contributed by atoms with Crippen molar-refractivity contribution >= 4 is 17.5 Å². The van der Waals surface area contributed by atoms with Crippen LogP contribution in [0.15, 0.2) is 60.3 Å². The molecule has 1 aliphatic carbocycles. The third-order valence-corrected chi connectivity index (χ3v) is 5.62. The van der Waals surface area contributed by atoms with E-state index in [-0.39, 0.29) is 22.9 Å². The Kier molecular flexibility index (Phi) is 7.38. The molecule has 2 N–H and O–H groups in total. The maximum absolute atomic E-state index is 14.3. The summed E-state index contributed by atoms with van der Waals surface area (Å²) in [7, 11) is 1.67. The Labute approximate surface area is 202 Å². The highest BCUT2D eigenvalue weighted by Gasteiger charge is 2.22. The summed E-state index contributed by atoms with van der Waals surface area (Å²) in [6.45, 7) is 6.25. The van der Waals surface area contributed by atoms with Crippen molar-refractivity contribution in [2.45, 2.75) is 12.8 Å². The number of benzene rings is 1. The molecule has 10 heteroatoms. The van der Waals surface area contributed by atoms with Crippen molar-refractivity contribution in [3.8, 4) is 17.3 Å². The molecular weight excluding hydrogens is 451 g/mol. The van der Waals surface area contributed by atoms with Gasteiger partial charge >= 0.3 is 0 Å². The van der Waals surface area contributed by atoms with E-state index in [2.05, 4.69) is 32.1 Å². The molecule has 1 aromatic carbocycles. The molecule has 4 rings (SSSR count). The second kappa shape index (κ2) is 10.8. The number of rotatable bonds is 7. The molecule has 180 valence electrons. The zero-order valence-corrected chi connectivity index (χ0v) is 19.3. The first kappa shape index (κ1) is 23.9. The molecule has 2 aromatic rings. The molecule has 0 unspecified atom stereocenters. The first-order valence-electron chi connectivity index (χ1n) is 11.1. The maximum atomic E-state index is 14.3. The van der Waals surface area contributed by atoms with Gasteiger partial charge in [0.2, 0.25) is 11.9 Å². The number of methoxy groups -OCH3 is 1. The lowest BCUT2D eigenvalue weighted by atomic mass is 10.0. The van der Waals surface area contributed by atoms with Gasteiger partial charge in [-0.05, 0) is 36.8 Å². The van der Waals surface area contributed by atoms with Gasteiger partial charge in [-0.25, -0.2) is 14.4 Å². The topological polar surface area (TPSA) is 112 Å². The second-order valence-electron chi connectivity index (χ2n) is 7.90. The van der Waals surface area contributed by atoms with E-state index in [4.69, 9.17) is 9.47 Å². The van der Waals surface area contributed by atoms with Crippen LogP contribution in [0.4, 0.5) is 16.0 Å². The van der Waals surface area contributed by atoms with E-state index in [1.807, 2.05) is 12.1 Å². The van der Waals surface area contributed by atoms with Gasteiger partial charge in [0.1, 0.15) is 17.6 Å². The van der Waals surface area contributed by atoms with E-state index in [9.17, 15) is 14.4 Å². The number of amides is 1. The highest BCUT2D eigenvalue weighted by Crippen LogP contribution is 2.30. The van der Waals surface area contributed by atoms with E-state index in [1.54, 1.807) is 13.2 Å². The lowest BCUT2D eigenvalue weighted by molar-refractivity contribution is -0.111. The van der Waals surface area contributed by atoms with Crippen molar-refractivity contribution in [3.63, 3.8) is 0 Å². The van der Waals surface area contributed by atoms with Crippen LogP contribution >= 0.6 is 0 Å². The van der Waals surface area contributed by atoms with Crippen LogP contribution in [0.2, 0.25) is 0 Å². The molecule has 1 aliphatic heterocycles. The summed E-state index contributed by atoms with van der Waals surface area (Å²) in [5.41, 5.74) is 2.86. The third-order valence-electron chi connectivity index (χ3n) is 5.62. The lowest BCUT2D eigenvalue weighted by Gasteiger charge is -2.33. The summed E-state index contributed by atoms with van der Waals surface area (Å²) < 4.78 is 25.4. The molecule has 1 saturated heterocycles. The predicted molar refractivity (Wildman–Crippen MR) is 128 cm³/mol. The number of aromatic nitrogens is 2. The van der Waals surface area contributed by atoms with Crippen LogP contribution in [0.3, 0.4) is 0 Å². The largest absolute Gasteiger partial charge is 0.499 e. The zero-order valence-electron chi connectivity index (χ0n) is 19.3. The smallest absolute Gasteiger partial charge is 0.247 e. The molecule has 9 nitrogen and oxygen atoms in total. The maximum Gasteiger partial charge on any atom is 0.247 e. The number of halogens is 1. The fourth-order valence-corrected chi connectivity index (χ4v) is 3.95. The first-order chi connectivity index (χ1) is 17.0. The molecule has 0 saturated carbocycles. The number of carbonyl (C=O) groups excluding carboxylic acids is 1. The Morgan fingerprint density at radius 3 is 2.83 bits per heavy atom. The molecule has 0 atom stereocenters. The van der Waals surface area contributed by atoms with Gasteiger partial charge in [-0.15, -0.1) is 0 Å². The Hall–Kier alpha value is -4.23. The summed E-state index contributed by atoms with van der Waals surface area (Å²) in [5.74, 6) is 0.123. The quantitative estimate of drug-likeness (QED) is 0.584. The molecule has 1 amide bonds. The summed E-state index contributed by atoms with van der Waals surface area (Å²) in [4.78, 5) is 22.6. The van der Waals surface area contributed by atoms with Gasteiger partial charge in [0.05, 0.1) is 43.5 Å². The van der Waals surface area contributed by atoms with Crippen LogP contribution in [0, 0.1) is 17.1 Å². The number of nitrogens with one attached hydrogen (secondary N) is 2. The summed E-state index contributed by atoms with van der Waals surface area (Å²) >= 11 is 0. The Morgan fingerprint density at radius 1 is 1.31 bits per heavy atom. The lowest BCUT2D eigenvalue weighted by Crippen LogP contribution is -2.36. The number of nitrogens with zero attached hydrogens (tertiary/aromatic N) is 4. The van der Waals surface area contributed by atoms with E-state index in [0.29, 0.717) is 31.6 Å². The van der Waals surface area contributed by atoms with Gasteiger partial charge < -0.3 is 25.0 Å². The highest BCUT2D eigenvalue weighted by molar-refractivity contribution is 5.99. The summed E-state index contributed by atoms with van der Waals surface area (Å²) in [6.07, 6.45) is 5.89. The van der Waals surface area contributed by atoms with Gasteiger partial charge in [0.15, 0.2) is 0 Å². The minimum absolute atomic E-state index is 0.176. The van der Waals surface area contributed by atoms with E-state index in [0.717, 1.165) is 36.3 Å². The number of hydrogen-bond acceptors (Lipinski definition) is 8. The van der Waals surface area contributed by atoms with E-state index >= 15 is 0 Å². The van der Waals surface area contributed by atoms with Gasteiger partial charge in [-0.3, -0.25) is 4.79 Å². The number of nitriles is 1. The Bertz CT molecular complexity index is 1240. The van der Waals surface area contributed by atoms with Crippen LogP contribution in [0.5, 0.6) is 0 Å². The summed E-state index contributed by atoms with van der Waals surface area (Å²) in [5, 5.41) is 15.3. The van der Waals surface area contributed by atoms with Crippen LogP contribution in [-0.2, 0) is 14.3 Å². The van der Waals surface area contributed by atoms with Gasteiger partial charge in [0.25, 0.3) is 0 Å². The van der Waals surface area contributed by atoms with Crippen LogP contribution in [0.1, 0.15) is 18.4 Å². The molecule has 2 heterocycles. The average Bonchev–Trinajstić information content (AvgIpc) is 2.88. The molecule has 1 fully saturated rings. The number of morpholine rings is 1. The fourth-order valence-electron chi connectivity index (χ4n) is 3.95. The second-order valence-corrected chi connectivity index (χ2v) is 7.90. The molecule has 35 heavy (non-hydrogen) atoms. The minimum atomic E-state index is -0.582. The standard InChI is InChI=1S/C25H25FN6O3/c1-3-23(33)29-20-11-16(10-18(26)12-20)24-17(14-27)15-28-25(31-24)30-19-4-5-22(34-2)21(13-19)32-6-8-35-9-7-32/h3,10-13,15H,1,4-9H2,2H3,(H,29,33)(H,28,30,31). The first-order valence-corrected chi connectivity index (χ1v) is 11.1. The van der Waals surface area contributed by atoms with E-state index < -0.39 is 11.7 Å². The van der Waals surface area contributed by atoms with Crippen molar-refractivity contribution in [2.24, 2.45) is 0 Å². The van der Waals surface area contributed by atoms with Crippen molar-refractivity contribution in [2.75, 3.05) is 44.0 Å². The van der Waals surface area contributed by atoms with Gasteiger partial charge in [-0.2, -0.15) is 5.26 Å². The number of ether oxygens (including phenoxy) is 2. The number of allylic oxidation sites excluding steroid dienone is 3. The number of anilines is 2.